The van der Waals surface area contributed by atoms with Gasteiger partial charge in [-0.15, -0.1) is 0 Å². The van der Waals surface area contributed by atoms with Crippen LogP contribution in [0.5, 0.6) is 0 Å². The predicted molar refractivity (Wildman–Crippen MR) is 165 cm³/mol. The molecular weight excluding hydrogens is 548 g/mol. The molecule has 1 aliphatic rings. The van der Waals surface area contributed by atoms with Crippen molar-refractivity contribution >= 4 is 23.9 Å². The second-order valence-corrected chi connectivity index (χ2v) is 12.1. The highest BCUT2D eigenvalue weighted by molar-refractivity contribution is 5.82. The highest BCUT2D eigenvalue weighted by Crippen LogP contribution is 2.44. The predicted octanol–water partition coefficient (Wildman–Crippen LogP) is 6.34. The molecular formula is C34H46N2O7. The third-order valence-corrected chi connectivity index (χ3v) is 7.39. The van der Waals surface area contributed by atoms with E-state index in [2.05, 4.69) is 10.6 Å². The first-order valence-corrected chi connectivity index (χ1v) is 15.4. The van der Waals surface area contributed by atoms with Gasteiger partial charge in [-0.2, -0.15) is 0 Å². The minimum Gasteiger partial charge on any atom is -0.480 e. The van der Waals surface area contributed by atoms with E-state index in [1.54, 1.807) is 0 Å². The quantitative estimate of drug-likeness (QED) is 0.144. The SMILES string of the molecule is CC(C)(C)OC(=O)CCCCCCCCCCC(=O)NC[C@H](NC(=O)OCC1c2ccccc2-c2ccccc21)C(=O)O. The Hall–Kier alpha value is -3.88. The number of hydrogen-bond acceptors (Lipinski definition) is 6. The third kappa shape index (κ3) is 11.4. The summed E-state index contributed by atoms with van der Waals surface area (Å²) in [5, 5.41) is 14.5. The van der Waals surface area contributed by atoms with Gasteiger partial charge in [-0.3, -0.25) is 9.59 Å². The molecule has 43 heavy (non-hydrogen) atoms. The van der Waals surface area contributed by atoms with Crippen LogP contribution in [0, 0.1) is 0 Å². The highest BCUT2D eigenvalue weighted by Gasteiger charge is 2.30. The summed E-state index contributed by atoms with van der Waals surface area (Å²) in [5.74, 6) is -1.78. The van der Waals surface area contributed by atoms with Crippen LogP contribution in [0.4, 0.5) is 4.79 Å². The maximum atomic E-state index is 12.5. The molecule has 3 rings (SSSR count). The van der Waals surface area contributed by atoms with E-state index in [1.165, 1.54) is 0 Å². The van der Waals surface area contributed by atoms with E-state index in [0.717, 1.165) is 67.2 Å². The molecule has 3 N–H and O–H groups in total. The van der Waals surface area contributed by atoms with Crippen molar-refractivity contribution in [2.45, 2.75) is 103 Å². The topological polar surface area (TPSA) is 131 Å². The van der Waals surface area contributed by atoms with Gasteiger partial charge in [0, 0.05) is 25.3 Å². The molecule has 2 aromatic carbocycles. The third-order valence-electron chi connectivity index (χ3n) is 7.39. The van der Waals surface area contributed by atoms with Crippen molar-refractivity contribution in [3.63, 3.8) is 0 Å². The fourth-order valence-corrected chi connectivity index (χ4v) is 5.29. The minimum atomic E-state index is -1.30. The van der Waals surface area contributed by atoms with E-state index in [9.17, 15) is 24.3 Å². The Kier molecular flexibility index (Phi) is 13.0. The molecule has 9 heteroatoms. The molecule has 0 radical (unpaired) electrons. The number of alkyl carbamates (subject to hydrolysis) is 1. The number of rotatable bonds is 17. The zero-order chi connectivity index (χ0) is 31.2. The fraction of sp³-hybridized carbons (Fsp3) is 0.529. The Morgan fingerprint density at radius 1 is 0.791 bits per heavy atom. The van der Waals surface area contributed by atoms with E-state index in [1.807, 2.05) is 69.3 Å². The molecule has 0 saturated heterocycles. The minimum absolute atomic E-state index is 0.0740. The molecule has 0 heterocycles. The van der Waals surface area contributed by atoms with Gasteiger partial charge in [0.15, 0.2) is 0 Å². The summed E-state index contributed by atoms with van der Waals surface area (Å²) in [7, 11) is 0. The molecule has 2 aromatic rings. The molecule has 0 aliphatic heterocycles. The normalized spacial score (nSPS) is 13.0. The number of nitrogens with one attached hydrogen (secondary N) is 2. The molecule has 2 amide bonds. The maximum absolute atomic E-state index is 12.5. The summed E-state index contributed by atoms with van der Waals surface area (Å²) < 4.78 is 10.8. The van der Waals surface area contributed by atoms with Crippen LogP contribution in [0.2, 0.25) is 0 Å². The molecule has 0 fully saturated rings. The van der Waals surface area contributed by atoms with Gasteiger partial charge < -0.3 is 25.2 Å². The number of amides is 2. The lowest BCUT2D eigenvalue weighted by Gasteiger charge is -2.19. The van der Waals surface area contributed by atoms with E-state index in [4.69, 9.17) is 9.47 Å². The van der Waals surface area contributed by atoms with Crippen LogP contribution in [0.25, 0.3) is 11.1 Å². The van der Waals surface area contributed by atoms with Crippen LogP contribution < -0.4 is 10.6 Å². The van der Waals surface area contributed by atoms with Gasteiger partial charge in [0.05, 0.1) is 0 Å². The van der Waals surface area contributed by atoms with Crippen molar-refractivity contribution in [2.75, 3.05) is 13.2 Å². The van der Waals surface area contributed by atoms with Gasteiger partial charge >= 0.3 is 18.0 Å². The lowest BCUT2D eigenvalue weighted by molar-refractivity contribution is -0.155. The number of esters is 1. The number of hydrogen-bond donors (Lipinski definition) is 3. The van der Waals surface area contributed by atoms with Gasteiger partial charge in [0.25, 0.3) is 0 Å². The molecule has 0 saturated carbocycles. The Morgan fingerprint density at radius 2 is 1.30 bits per heavy atom. The van der Waals surface area contributed by atoms with E-state index < -0.39 is 23.7 Å². The van der Waals surface area contributed by atoms with E-state index in [-0.39, 0.29) is 30.9 Å². The molecule has 0 bridgehead atoms. The summed E-state index contributed by atoms with van der Waals surface area (Å²) in [6.45, 7) is 5.46. The van der Waals surface area contributed by atoms with E-state index >= 15 is 0 Å². The van der Waals surface area contributed by atoms with Crippen molar-refractivity contribution in [1.82, 2.24) is 10.6 Å². The van der Waals surface area contributed by atoms with Crippen molar-refractivity contribution in [3.05, 3.63) is 59.7 Å². The van der Waals surface area contributed by atoms with Crippen LogP contribution in [-0.4, -0.2) is 53.8 Å². The molecule has 0 aromatic heterocycles. The second kappa shape index (κ2) is 16.7. The second-order valence-electron chi connectivity index (χ2n) is 12.1. The van der Waals surface area contributed by atoms with Crippen LogP contribution in [0.1, 0.15) is 102 Å². The number of carbonyl (C=O) groups excluding carboxylic acids is 3. The molecule has 0 spiro atoms. The van der Waals surface area contributed by atoms with Crippen LogP contribution in [0.3, 0.4) is 0 Å². The number of carboxylic acids is 1. The first-order chi connectivity index (χ1) is 20.5. The molecule has 1 atom stereocenters. The number of carbonyl (C=O) groups is 4. The average molecular weight is 595 g/mol. The molecule has 9 nitrogen and oxygen atoms in total. The average Bonchev–Trinajstić information content (AvgIpc) is 3.27. The van der Waals surface area contributed by atoms with Gasteiger partial charge in [-0.1, -0.05) is 87.1 Å². The first kappa shape index (κ1) is 33.6. The number of carboxylic acid groups (broad SMARTS) is 1. The zero-order valence-corrected chi connectivity index (χ0v) is 25.7. The zero-order valence-electron chi connectivity index (χ0n) is 25.7. The van der Waals surface area contributed by atoms with Gasteiger partial charge in [-0.25, -0.2) is 9.59 Å². The molecule has 0 unspecified atom stereocenters. The van der Waals surface area contributed by atoms with Crippen molar-refractivity contribution in [1.29, 1.82) is 0 Å². The van der Waals surface area contributed by atoms with Crippen molar-refractivity contribution in [3.8, 4) is 11.1 Å². The van der Waals surface area contributed by atoms with E-state index in [0.29, 0.717) is 19.3 Å². The van der Waals surface area contributed by atoms with Crippen LogP contribution in [-0.2, 0) is 23.9 Å². The Bertz CT molecular complexity index is 1190. The number of ether oxygens (including phenoxy) is 2. The summed E-state index contributed by atoms with van der Waals surface area (Å²) in [4.78, 5) is 48.2. The summed E-state index contributed by atoms with van der Waals surface area (Å²) in [5.41, 5.74) is 3.90. The van der Waals surface area contributed by atoms with Crippen LogP contribution in [0.15, 0.2) is 48.5 Å². The van der Waals surface area contributed by atoms with Gasteiger partial charge in [0.1, 0.15) is 18.2 Å². The molecule has 234 valence electrons. The number of fused-ring (bicyclic) bond motifs is 3. The summed E-state index contributed by atoms with van der Waals surface area (Å²) >= 11 is 0. The van der Waals surface area contributed by atoms with Crippen molar-refractivity contribution < 1.29 is 33.8 Å². The fourth-order valence-electron chi connectivity index (χ4n) is 5.29. The summed E-state index contributed by atoms with van der Waals surface area (Å²) in [6, 6.07) is 14.6. The Balaban J connectivity index is 1.26. The maximum Gasteiger partial charge on any atom is 0.407 e. The Labute approximate surface area is 254 Å². The summed E-state index contributed by atoms with van der Waals surface area (Å²) in [6.07, 6.45) is 7.60. The number of aliphatic carboxylic acids is 1. The van der Waals surface area contributed by atoms with Crippen molar-refractivity contribution in [2.24, 2.45) is 0 Å². The lowest BCUT2D eigenvalue weighted by atomic mass is 9.98. The first-order valence-electron chi connectivity index (χ1n) is 15.4. The standard InChI is InChI=1S/C34H46N2O7/c1-34(2,3)43-31(38)21-11-9-7-5-4-6-8-10-20-30(37)35-22-29(32(39)40)36-33(41)42-23-28-26-18-14-12-16-24(26)25-17-13-15-19-27(25)28/h12-19,28-29H,4-11,20-23H2,1-3H3,(H,35,37)(H,36,41)(H,39,40)/t29-/m0/s1. The lowest BCUT2D eigenvalue weighted by Crippen LogP contribution is -2.48. The van der Waals surface area contributed by atoms with Crippen LogP contribution >= 0.6 is 0 Å². The number of benzene rings is 2. The Morgan fingerprint density at radius 3 is 1.84 bits per heavy atom. The van der Waals surface area contributed by atoms with Gasteiger partial charge in [-0.05, 0) is 55.9 Å². The molecule has 1 aliphatic carbocycles. The monoisotopic (exact) mass is 594 g/mol. The van der Waals surface area contributed by atoms with Gasteiger partial charge in [0.2, 0.25) is 5.91 Å². The number of unbranched alkanes of at least 4 members (excludes halogenated alkanes) is 7. The largest absolute Gasteiger partial charge is 0.480 e. The highest BCUT2D eigenvalue weighted by atomic mass is 16.6. The smallest absolute Gasteiger partial charge is 0.407 e.